The van der Waals surface area contributed by atoms with Gasteiger partial charge in [-0.3, -0.25) is 0 Å². The molecule has 1 nitrogen and oxygen atoms in total. The van der Waals surface area contributed by atoms with E-state index in [9.17, 15) is 4.39 Å². The average Bonchev–Trinajstić information content (AvgIpc) is 2.55. The first-order chi connectivity index (χ1) is 6.22. The zero-order valence-electron chi connectivity index (χ0n) is 6.34. The lowest BCUT2D eigenvalue weighted by Gasteiger charge is -1.93. The molecule has 0 amide bonds. The molecule has 2 rings (SSSR count). The van der Waals surface area contributed by atoms with Crippen molar-refractivity contribution in [3.63, 3.8) is 0 Å². The topological polar surface area (TPSA) is 23.8 Å². The van der Waals surface area contributed by atoms with Crippen LogP contribution in [0, 0.1) is 20.7 Å². The Kier molecular flexibility index (Phi) is 2.22. The quantitative estimate of drug-likeness (QED) is 0.683. The first-order valence-corrected chi connectivity index (χ1v) is 5.39. The summed E-state index contributed by atoms with van der Waals surface area (Å²) in [4.78, 5) is 0.552. The van der Waals surface area contributed by atoms with Crippen molar-refractivity contribution in [2.45, 2.75) is 0 Å². The van der Waals surface area contributed by atoms with Gasteiger partial charge in [0, 0.05) is 13.7 Å². The Balaban J connectivity index is 2.86. The summed E-state index contributed by atoms with van der Waals surface area (Å²) in [6, 6.07) is 7.16. The summed E-state index contributed by atoms with van der Waals surface area (Å²) in [5.41, 5.74) is 0. The molecule has 0 radical (unpaired) electrons. The SMILES string of the molecule is N#Cc1cc2c(F)c(I)ccc2s1. The van der Waals surface area contributed by atoms with Gasteiger partial charge in [0.1, 0.15) is 16.8 Å². The van der Waals surface area contributed by atoms with Gasteiger partial charge >= 0.3 is 0 Å². The van der Waals surface area contributed by atoms with Crippen LogP contribution in [-0.2, 0) is 0 Å². The fraction of sp³-hybridized carbons (Fsp3) is 0. The maximum absolute atomic E-state index is 13.4. The molecule has 0 bridgehead atoms. The number of halogens is 2. The third kappa shape index (κ3) is 1.42. The van der Waals surface area contributed by atoms with E-state index in [-0.39, 0.29) is 5.82 Å². The second kappa shape index (κ2) is 3.24. The van der Waals surface area contributed by atoms with Crippen molar-refractivity contribution >= 4 is 44.0 Å². The van der Waals surface area contributed by atoms with Crippen molar-refractivity contribution in [1.82, 2.24) is 0 Å². The third-order valence-corrected chi connectivity index (χ3v) is 3.54. The minimum atomic E-state index is -0.226. The number of hydrogen-bond donors (Lipinski definition) is 0. The molecule has 0 unspecified atom stereocenters. The maximum Gasteiger partial charge on any atom is 0.145 e. The molecule has 0 saturated heterocycles. The van der Waals surface area contributed by atoms with Gasteiger partial charge in [0.05, 0.1) is 0 Å². The highest BCUT2D eigenvalue weighted by Gasteiger charge is 2.08. The van der Waals surface area contributed by atoms with Gasteiger partial charge in [-0.25, -0.2) is 4.39 Å². The van der Waals surface area contributed by atoms with E-state index in [2.05, 4.69) is 0 Å². The van der Waals surface area contributed by atoms with Gasteiger partial charge in [0.15, 0.2) is 0 Å². The van der Waals surface area contributed by atoms with Gasteiger partial charge in [0.25, 0.3) is 0 Å². The van der Waals surface area contributed by atoms with Crippen LogP contribution in [0.15, 0.2) is 18.2 Å². The number of hydrogen-bond acceptors (Lipinski definition) is 2. The molecule has 0 atom stereocenters. The van der Waals surface area contributed by atoms with Crippen LogP contribution in [0.4, 0.5) is 4.39 Å². The molecule has 0 spiro atoms. The van der Waals surface area contributed by atoms with Crippen LogP contribution in [0.5, 0.6) is 0 Å². The second-order valence-corrected chi connectivity index (χ2v) is 4.74. The van der Waals surface area contributed by atoms with Crippen LogP contribution in [0.2, 0.25) is 0 Å². The Hall–Kier alpha value is -0.670. The van der Waals surface area contributed by atoms with Crippen molar-refractivity contribution in [3.05, 3.63) is 32.5 Å². The molecule has 2 aromatic rings. The van der Waals surface area contributed by atoms with Crippen LogP contribution in [0.3, 0.4) is 0 Å². The summed E-state index contributed by atoms with van der Waals surface area (Å²) in [6.07, 6.45) is 0. The molecular formula is C9H3FINS. The highest BCUT2D eigenvalue weighted by molar-refractivity contribution is 14.1. The predicted molar refractivity (Wildman–Crippen MR) is 59.2 cm³/mol. The number of benzene rings is 1. The highest BCUT2D eigenvalue weighted by atomic mass is 127. The molecule has 1 heterocycles. The van der Waals surface area contributed by atoms with E-state index in [4.69, 9.17) is 5.26 Å². The largest absolute Gasteiger partial charge is 0.205 e. The highest BCUT2D eigenvalue weighted by Crippen LogP contribution is 2.29. The van der Waals surface area contributed by atoms with Crippen molar-refractivity contribution in [2.24, 2.45) is 0 Å². The maximum atomic E-state index is 13.4. The Labute approximate surface area is 91.9 Å². The lowest BCUT2D eigenvalue weighted by Crippen LogP contribution is -1.79. The third-order valence-electron chi connectivity index (χ3n) is 1.70. The predicted octanol–water partition coefficient (Wildman–Crippen LogP) is 3.52. The number of thiophene rings is 1. The summed E-state index contributed by atoms with van der Waals surface area (Å²) in [7, 11) is 0. The molecule has 0 saturated carbocycles. The minimum Gasteiger partial charge on any atom is -0.205 e. The Morgan fingerprint density at radius 1 is 1.46 bits per heavy atom. The first-order valence-electron chi connectivity index (χ1n) is 3.50. The van der Waals surface area contributed by atoms with Gasteiger partial charge in [-0.05, 0) is 40.8 Å². The summed E-state index contributed by atoms with van der Waals surface area (Å²) in [6.45, 7) is 0. The first kappa shape index (κ1) is 8.91. The molecule has 1 aromatic heterocycles. The van der Waals surface area contributed by atoms with E-state index in [1.807, 2.05) is 34.7 Å². The van der Waals surface area contributed by atoms with Gasteiger partial charge < -0.3 is 0 Å². The lowest BCUT2D eigenvalue weighted by atomic mass is 10.2. The monoisotopic (exact) mass is 303 g/mol. The van der Waals surface area contributed by atoms with Gasteiger partial charge in [-0.1, -0.05) is 0 Å². The van der Waals surface area contributed by atoms with Gasteiger partial charge in [0.2, 0.25) is 0 Å². The summed E-state index contributed by atoms with van der Waals surface area (Å²) in [5, 5.41) is 9.18. The van der Waals surface area contributed by atoms with Crippen LogP contribution in [-0.4, -0.2) is 0 Å². The molecule has 64 valence electrons. The summed E-state index contributed by atoms with van der Waals surface area (Å²) >= 11 is 3.26. The van der Waals surface area contributed by atoms with Crippen molar-refractivity contribution in [1.29, 1.82) is 5.26 Å². The van der Waals surface area contributed by atoms with E-state index >= 15 is 0 Å². The van der Waals surface area contributed by atoms with E-state index in [0.717, 1.165) is 4.70 Å². The van der Waals surface area contributed by atoms with Crippen LogP contribution in [0.1, 0.15) is 4.88 Å². The Bertz CT molecular complexity index is 512. The number of nitrogens with zero attached hydrogens (tertiary/aromatic N) is 1. The molecule has 0 N–H and O–H groups in total. The molecule has 0 aliphatic heterocycles. The zero-order chi connectivity index (χ0) is 9.42. The molecule has 13 heavy (non-hydrogen) atoms. The van der Waals surface area contributed by atoms with Gasteiger partial charge in [-0.2, -0.15) is 5.26 Å². The van der Waals surface area contributed by atoms with Crippen LogP contribution >= 0.6 is 33.9 Å². The van der Waals surface area contributed by atoms with Crippen molar-refractivity contribution in [2.75, 3.05) is 0 Å². The fourth-order valence-electron chi connectivity index (χ4n) is 1.11. The Morgan fingerprint density at radius 3 is 2.92 bits per heavy atom. The molecule has 1 aromatic carbocycles. The van der Waals surface area contributed by atoms with E-state index in [1.54, 1.807) is 12.1 Å². The molecule has 0 aliphatic carbocycles. The lowest BCUT2D eigenvalue weighted by molar-refractivity contribution is 0.633. The molecule has 4 heteroatoms. The Morgan fingerprint density at radius 2 is 2.23 bits per heavy atom. The zero-order valence-corrected chi connectivity index (χ0v) is 9.32. The standard InChI is InChI=1S/C9H3FINS/c10-9-6-3-5(4-12)13-8(6)2-1-7(9)11/h1-3H. The summed E-state index contributed by atoms with van der Waals surface area (Å²) < 4.78 is 14.9. The van der Waals surface area contributed by atoms with Crippen LogP contribution < -0.4 is 0 Å². The van der Waals surface area contributed by atoms with E-state index in [0.29, 0.717) is 13.8 Å². The average molecular weight is 303 g/mol. The number of fused-ring (bicyclic) bond motifs is 1. The molecule has 0 fully saturated rings. The number of nitriles is 1. The van der Waals surface area contributed by atoms with Crippen molar-refractivity contribution < 1.29 is 4.39 Å². The second-order valence-electron chi connectivity index (χ2n) is 2.50. The molecule has 0 aliphatic rings. The van der Waals surface area contributed by atoms with E-state index in [1.165, 1.54) is 11.3 Å². The van der Waals surface area contributed by atoms with Crippen LogP contribution in [0.25, 0.3) is 10.1 Å². The smallest absolute Gasteiger partial charge is 0.145 e. The van der Waals surface area contributed by atoms with Gasteiger partial charge in [-0.15, -0.1) is 11.3 Å². The summed E-state index contributed by atoms with van der Waals surface area (Å²) in [5.74, 6) is -0.226. The number of rotatable bonds is 0. The fourth-order valence-corrected chi connectivity index (χ4v) is 2.43. The molecular weight excluding hydrogens is 300 g/mol. The minimum absolute atomic E-state index is 0.226. The van der Waals surface area contributed by atoms with E-state index < -0.39 is 0 Å². The van der Waals surface area contributed by atoms with Crippen molar-refractivity contribution in [3.8, 4) is 6.07 Å². The normalized spacial score (nSPS) is 10.2.